The van der Waals surface area contributed by atoms with Crippen molar-refractivity contribution < 1.29 is 57.6 Å². The number of hydrogen-bond donors (Lipinski definition) is 4. The molecule has 0 saturated heterocycles. The summed E-state index contributed by atoms with van der Waals surface area (Å²) in [5.41, 5.74) is 9.20. The van der Waals surface area contributed by atoms with Crippen molar-refractivity contribution in [3.8, 4) is 0 Å². The maximum absolute atomic E-state index is 13.1. The number of benzene rings is 4. The summed E-state index contributed by atoms with van der Waals surface area (Å²) in [6.45, 7) is 16.4. The standard InChI is InChI=1S/C20H27ClN2O2S2.C19H26N2O2S2.C17H22N2O3S2.C17H22N2O2S2.2CO2/c1-3-4-5-6-7-8-12-22-19-16-10-9-15(21)14-18(16)27(24,25)23(2)17-11-13-26-20(17)19;1-4-5-6-7-11-20-18-15-9-8-14(2)13-17(15)25(22,23)21(3)16-10-12-24-19(16)18;1-12-5-6-13-15(11-12)24(20,21)19(2)14-7-10-23-17(14)16(13)18-8-4-9-22-3;1-4-5-9-18-16-13-7-6-12(2)11-15(13)23(20,21)19(3)14-8-10-22-17(14)16;2*2-1-3/h9-11,13-14,19,22H,3-8,12H2,1-2H3;8-10,12-13,18,20H,4-7,11H2,1-3H3;5-7,10-11,16,18H,4,8-9H2,1-3H3;6-8,10-11,16,18H,4-5,9H2,1-3H3;;. The fourth-order valence-electron chi connectivity index (χ4n) is 12.8. The molecule has 4 N–H and O–H groups in total. The number of rotatable bonds is 23. The second-order valence-corrected chi connectivity index (χ2v) is 37.6. The van der Waals surface area contributed by atoms with Gasteiger partial charge in [0.25, 0.3) is 40.1 Å². The largest absolute Gasteiger partial charge is 0.385 e. The number of unbranched alkanes of at least 4 members (excludes halogenated alkanes) is 9. The number of sulfonamides is 4. The van der Waals surface area contributed by atoms with Crippen LogP contribution in [0.4, 0.5) is 22.7 Å². The maximum atomic E-state index is 13.1. The first-order valence-corrected chi connectivity index (χ1v) is 44.6. The van der Waals surface area contributed by atoms with Crippen LogP contribution in [0.5, 0.6) is 0 Å². The third kappa shape index (κ3) is 20.5. The summed E-state index contributed by atoms with van der Waals surface area (Å²) in [5, 5.41) is 22.6. The lowest BCUT2D eigenvalue weighted by Gasteiger charge is -2.19. The van der Waals surface area contributed by atoms with Gasteiger partial charge >= 0.3 is 12.3 Å². The topological polar surface area (TPSA) is 275 Å². The lowest BCUT2D eigenvalue weighted by atomic mass is 10.0. The van der Waals surface area contributed by atoms with Crippen LogP contribution in [0, 0.1) is 20.8 Å². The molecule has 4 aliphatic rings. The highest BCUT2D eigenvalue weighted by Crippen LogP contribution is 2.48. The lowest BCUT2D eigenvalue weighted by Crippen LogP contribution is -2.26. The van der Waals surface area contributed by atoms with Gasteiger partial charge < -0.3 is 26.0 Å². The van der Waals surface area contributed by atoms with Gasteiger partial charge in [-0.15, -0.1) is 45.3 Å². The Morgan fingerprint density at radius 1 is 0.381 bits per heavy atom. The fraction of sp³-hybridized carbons (Fsp3) is 0.440. The normalized spacial score (nSPS) is 17.7. The van der Waals surface area contributed by atoms with E-state index in [4.69, 9.17) is 35.5 Å². The predicted molar refractivity (Wildman–Crippen MR) is 423 cm³/mol. The van der Waals surface area contributed by atoms with Crippen LogP contribution in [0.3, 0.4) is 0 Å². The molecule has 0 aliphatic carbocycles. The van der Waals surface area contributed by atoms with Crippen molar-refractivity contribution in [2.24, 2.45) is 0 Å². The van der Waals surface area contributed by atoms with Gasteiger partial charge in [-0.2, -0.15) is 19.2 Å². The van der Waals surface area contributed by atoms with Crippen molar-refractivity contribution in [3.05, 3.63) is 182 Å². The summed E-state index contributed by atoms with van der Waals surface area (Å²) in [6.07, 6.45) is 15.7. The molecule has 0 spiro atoms. The third-order valence-corrected chi connectivity index (χ3v) is 29.8. The quantitative estimate of drug-likeness (QED) is 0.0433. The Kier molecular flexibility index (Phi) is 32.8. The molecule has 0 saturated carbocycles. The second kappa shape index (κ2) is 40.1. The summed E-state index contributed by atoms with van der Waals surface area (Å²) < 4.78 is 115. The molecule has 21 nitrogen and oxygen atoms in total. The summed E-state index contributed by atoms with van der Waals surface area (Å²) in [5.74, 6) is 0. The number of anilines is 4. The van der Waals surface area contributed by atoms with E-state index in [0.717, 1.165) is 139 Å². The van der Waals surface area contributed by atoms with Crippen molar-refractivity contribution in [2.45, 2.75) is 169 Å². The van der Waals surface area contributed by atoms with Crippen LogP contribution in [-0.2, 0) is 64.0 Å². The SMILES string of the molecule is CCCCCCCCNC1c2ccc(Cl)cc2S(=O)(=O)N(C)c2ccsc21.CCCCCCNC1c2ccc(C)cc2S(=O)(=O)N(C)c2ccsc21.CCCCNC1c2ccc(C)cc2S(=O)(=O)N(C)c2ccsc21.COCCCNC1c2ccc(C)cc2S(=O)(=O)N(C)c2ccsc21.O=C=O.O=C=O. The Labute approximate surface area is 642 Å². The van der Waals surface area contributed by atoms with E-state index in [1.807, 2.05) is 109 Å². The van der Waals surface area contributed by atoms with Gasteiger partial charge in [-0.05, 0) is 188 Å². The van der Waals surface area contributed by atoms with Crippen LogP contribution in [0.25, 0.3) is 0 Å². The molecule has 4 aromatic heterocycles. The Morgan fingerprint density at radius 3 is 0.943 bits per heavy atom. The van der Waals surface area contributed by atoms with Crippen LogP contribution >= 0.6 is 56.9 Å². The number of aryl methyl sites for hydroxylation is 3. The molecule has 12 rings (SSSR count). The molecule has 0 bridgehead atoms. The highest BCUT2D eigenvalue weighted by Gasteiger charge is 2.40. The maximum Gasteiger partial charge on any atom is 0.373 e. The number of halogens is 1. The predicted octanol–water partition coefficient (Wildman–Crippen LogP) is 15.5. The molecule has 8 aromatic rings. The molecule has 8 heterocycles. The van der Waals surface area contributed by atoms with Crippen molar-refractivity contribution >= 4 is 132 Å². The second-order valence-electron chi connectivity index (χ2n) is 25.6. The van der Waals surface area contributed by atoms with Gasteiger partial charge in [-0.3, -0.25) is 17.2 Å². The van der Waals surface area contributed by atoms with E-state index < -0.39 is 40.1 Å². The van der Waals surface area contributed by atoms with Gasteiger partial charge in [-0.25, -0.2) is 33.7 Å². The Hall–Kier alpha value is -6.47. The van der Waals surface area contributed by atoms with Gasteiger partial charge in [0.05, 0.1) is 86.0 Å². The first-order chi connectivity index (χ1) is 50.2. The zero-order valence-electron chi connectivity index (χ0n) is 61.3. The van der Waals surface area contributed by atoms with Crippen LogP contribution in [0.1, 0.15) is 187 Å². The van der Waals surface area contributed by atoms with Crippen molar-refractivity contribution in [3.63, 3.8) is 0 Å². The summed E-state index contributed by atoms with van der Waals surface area (Å²) in [4.78, 5) is 38.2. The van der Waals surface area contributed by atoms with Crippen molar-refractivity contribution in [2.75, 3.05) is 85.3 Å². The Bertz CT molecular complexity index is 4710. The zero-order valence-corrected chi connectivity index (χ0v) is 68.6. The number of thiophene rings is 4. The van der Waals surface area contributed by atoms with Gasteiger partial charge in [-0.1, -0.05) is 133 Å². The third-order valence-electron chi connectivity index (χ3n) is 18.4. The molecule has 0 fully saturated rings. The Balaban J connectivity index is 0.000000191. The molecular formula is C75H97ClN8O13S8. The number of nitrogens with zero attached hydrogens (tertiary/aromatic N) is 4. The number of methoxy groups -OCH3 is 1. The van der Waals surface area contributed by atoms with E-state index in [9.17, 15) is 33.7 Å². The molecule has 105 heavy (non-hydrogen) atoms. The molecule has 4 aliphatic heterocycles. The van der Waals surface area contributed by atoms with Crippen LogP contribution < -0.4 is 38.5 Å². The molecule has 4 atom stereocenters. The minimum atomic E-state index is -3.63. The lowest BCUT2D eigenvalue weighted by molar-refractivity contribution is -0.193. The van der Waals surface area contributed by atoms with E-state index in [-0.39, 0.29) is 36.5 Å². The first kappa shape index (κ1) is 85.8. The van der Waals surface area contributed by atoms with E-state index in [0.29, 0.717) is 31.2 Å². The van der Waals surface area contributed by atoms with E-state index in [1.165, 1.54) is 68.6 Å². The van der Waals surface area contributed by atoms with E-state index in [1.54, 1.807) is 111 Å². The smallest absolute Gasteiger partial charge is 0.373 e. The monoisotopic (exact) mass is 1610 g/mol. The van der Waals surface area contributed by atoms with Gasteiger partial charge in [0.2, 0.25) is 0 Å². The highest BCUT2D eigenvalue weighted by molar-refractivity contribution is 7.93. The summed E-state index contributed by atoms with van der Waals surface area (Å²) >= 11 is 12.5. The number of fused-ring (bicyclic) bond motifs is 8. The van der Waals surface area contributed by atoms with Crippen LogP contribution in [0.15, 0.2) is 138 Å². The molecule has 0 amide bonds. The molecule has 4 unspecified atom stereocenters. The van der Waals surface area contributed by atoms with Crippen molar-refractivity contribution in [1.29, 1.82) is 0 Å². The van der Waals surface area contributed by atoms with Crippen molar-refractivity contribution in [1.82, 2.24) is 21.3 Å². The molecule has 30 heteroatoms. The minimum absolute atomic E-state index is 0.0769. The van der Waals surface area contributed by atoms with Crippen LogP contribution in [0.2, 0.25) is 5.02 Å². The average Bonchev–Trinajstić information content (AvgIpc) is 1.64. The van der Waals surface area contributed by atoms with Gasteiger partial charge in [0.15, 0.2) is 0 Å². The molecular weight excluding hydrogens is 1510 g/mol. The minimum Gasteiger partial charge on any atom is -0.385 e. The van der Waals surface area contributed by atoms with E-state index in [2.05, 4.69) is 42.0 Å². The fourth-order valence-corrected chi connectivity index (χ4v) is 23.4. The van der Waals surface area contributed by atoms with Gasteiger partial charge in [0.1, 0.15) is 0 Å². The van der Waals surface area contributed by atoms with Gasteiger partial charge in [0, 0.05) is 46.9 Å². The van der Waals surface area contributed by atoms with Crippen LogP contribution in [-0.4, -0.2) is 114 Å². The molecule has 0 radical (unpaired) electrons. The molecule has 4 aromatic carbocycles. The summed E-state index contributed by atoms with van der Waals surface area (Å²) in [7, 11) is -6.03. The van der Waals surface area contributed by atoms with E-state index >= 15 is 0 Å². The number of carbonyl (C=O) groups excluding carboxylic acids is 4. The first-order valence-electron chi connectivity index (χ1n) is 35.0. The number of ether oxygens (including phenoxy) is 1. The zero-order chi connectivity index (χ0) is 76.8. The average molecular weight is 1610 g/mol. The molecule has 570 valence electrons. The number of hydrogen-bond acceptors (Lipinski definition) is 21. The summed E-state index contributed by atoms with van der Waals surface area (Å²) in [6, 6.07) is 29.5. The highest BCUT2D eigenvalue weighted by atomic mass is 35.5. The Morgan fingerprint density at radius 2 is 0.638 bits per heavy atom. The number of nitrogens with one attached hydrogen (secondary N) is 4.